The van der Waals surface area contributed by atoms with Gasteiger partial charge in [-0.05, 0) is 6.42 Å². The van der Waals surface area contributed by atoms with Crippen molar-refractivity contribution in [3.63, 3.8) is 0 Å². The van der Waals surface area contributed by atoms with E-state index in [0.29, 0.717) is 0 Å². The van der Waals surface area contributed by atoms with E-state index in [1.165, 1.54) is 12.2 Å². The van der Waals surface area contributed by atoms with Gasteiger partial charge in [0, 0.05) is 12.5 Å². The van der Waals surface area contributed by atoms with E-state index in [-0.39, 0.29) is 12.8 Å². The Labute approximate surface area is 105 Å². The van der Waals surface area contributed by atoms with E-state index in [9.17, 15) is 31.5 Å². The second-order valence-corrected chi connectivity index (χ2v) is 3.79. The number of hydrogen-bond donors (Lipinski definition) is 1. The highest BCUT2D eigenvalue weighted by Crippen LogP contribution is 2.35. The molecule has 1 amide bonds. The molecule has 0 radical (unpaired) electrons. The summed E-state index contributed by atoms with van der Waals surface area (Å²) < 4.78 is 60.8. The minimum atomic E-state index is -5.97. The van der Waals surface area contributed by atoms with Crippen LogP contribution in [0.15, 0.2) is 0 Å². The Balaban J connectivity index is 4.67. The quantitative estimate of drug-likeness (QED) is 0.603. The van der Waals surface area contributed by atoms with Gasteiger partial charge in [0.2, 0.25) is 0 Å². The van der Waals surface area contributed by atoms with E-state index in [0.717, 1.165) is 0 Å². The van der Waals surface area contributed by atoms with Crippen molar-refractivity contribution in [3.05, 3.63) is 0 Å². The molecule has 0 heterocycles. The fourth-order valence-corrected chi connectivity index (χ4v) is 1.14. The van der Waals surface area contributed by atoms with Crippen LogP contribution in [0.3, 0.4) is 0 Å². The number of ketones is 1. The Morgan fingerprint density at radius 2 is 1.72 bits per heavy atom. The van der Waals surface area contributed by atoms with Gasteiger partial charge in [-0.2, -0.15) is 22.0 Å². The largest absolute Gasteiger partial charge is 0.463 e. The summed E-state index contributed by atoms with van der Waals surface area (Å²) in [5, 5.41) is 1.49. The van der Waals surface area contributed by atoms with Gasteiger partial charge in [0.15, 0.2) is 0 Å². The third kappa shape index (κ3) is 4.40. The lowest BCUT2D eigenvalue weighted by atomic mass is 10.1. The number of rotatable bonds is 6. The lowest BCUT2D eigenvalue weighted by molar-refractivity contribution is -0.270. The predicted molar refractivity (Wildman–Crippen MR) is 53.6 cm³/mol. The molecule has 3 nitrogen and oxygen atoms in total. The first-order valence-electron chi connectivity index (χ1n) is 4.89. The van der Waals surface area contributed by atoms with Crippen LogP contribution >= 0.6 is 11.6 Å². The highest BCUT2D eigenvalue weighted by Gasteiger charge is 2.63. The molecule has 0 aromatic carbocycles. The van der Waals surface area contributed by atoms with Crippen LogP contribution in [0.25, 0.3) is 0 Å². The van der Waals surface area contributed by atoms with Gasteiger partial charge < -0.3 is 5.32 Å². The van der Waals surface area contributed by atoms with Gasteiger partial charge in [0.05, 0.1) is 5.88 Å². The summed E-state index contributed by atoms with van der Waals surface area (Å²) >= 11 is 5.16. The van der Waals surface area contributed by atoms with E-state index in [1.54, 1.807) is 0 Å². The molecule has 1 atom stereocenters. The van der Waals surface area contributed by atoms with Crippen molar-refractivity contribution < 1.29 is 31.5 Å². The molecular formula is C9H11ClF5NO2. The maximum absolute atomic E-state index is 12.6. The van der Waals surface area contributed by atoms with Gasteiger partial charge in [-0.25, -0.2) is 0 Å². The molecule has 0 aromatic rings. The maximum atomic E-state index is 12.6. The van der Waals surface area contributed by atoms with Crippen molar-refractivity contribution in [2.75, 3.05) is 5.88 Å². The lowest BCUT2D eigenvalue weighted by Gasteiger charge is -2.22. The second-order valence-electron chi connectivity index (χ2n) is 3.53. The van der Waals surface area contributed by atoms with Gasteiger partial charge in [-0.1, -0.05) is 6.92 Å². The number of carbonyl (C=O) groups is 2. The standard InChI is InChI=1S/C9H11ClF5NO2/c1-2-5(3-6(17)4-10)16-7(18)8(11,12)9(13,14)15/h5H,2-4H2,1H3,(H,16,18). The summed E-state index contributed by atoms with van der Waals surface area (Å²) in [4.78, 5) is 21.7. The molecule has 0 fully saturated rings. The summed E-state index contributed by atoms with van der Waals surface area (Å²) in [5.74, 6) is -8.91. The van der Waals surface area contributed by atoms with Gasteiger partial charge in [0.1, 0.15) is 5.78 Å². The van der Waals surface area contributed by atoms with E-state index < -0.39 is 35.7 Å². The summed E-state index contributed by atoms with van der Waals surface area (Å²) in [5.41, 5.74) is 0. The molecule has 0 aromatic heterocycles. The van der Waals surface area contributed by atoms with Crippen molar-refractivity contribution in [1.29, 1.82) is 0 Å². The maximum Gasteiger partial charge on any atom is 0.463 e. The first-order chi connectivity index (χ1) is 8.06. The van der Waals surface area contributed by atoms with Crippen LogP contribution in [0.5, 0.6) is 0 Å². The van der Waals surface area contributed by atoms with Crippen molar-refractivity contribution in [3.8, 4) is 0 Å². The molecule has 0 saturated carbocycles. The minimum Gasteiger partial charge on any atom is -0.347 e. The Morgan fingerprint density at radius 3 is 2.06 bits per heavy atom. The Hall–Kier alpha value is -0.920. The van der Waals surface area contributed by atoms with Crippen molar-refractivity contribution in [1.82, 2.24) is 5.32 Å². The van der Waals surface area contributed by atoms with Crippen LogP contribution in [0.1, 0.15) is 19.8 Å². The average molecular weight is 296 g/mol. The molecule has 0 bridgehead atoms. The summed E-state index contributed by atoms with van der Waals surface area (Å²) in [7, 11) is 0. The topological polar surface area (TPSA) is 46.2 Å². The minimum absolute atomic E-state index is 0.0301. The molecule has 18 heavy (non-hydrogen) atoms. The SMILES string of the molecule is CCC(CC(=O)CCl)NC(=O)C(F)(F)C(F)(F)F. The molecule has 0 aliphatic carbocycles. The van der Waals surface area contributed by atoms with Gasteiger partial charge in [-0.3, -0.25) is 9.59 Å². The Kier molecular flexibility index (Phi) is 5.98. The third-order valence-electron chi connectivity index (χ3n) is 2.09. The fraction of sp³-hybridized carbons (Fsp3) is 0.778. The van der Waals surface area contributed by atoms with Crippen LogP contribution in [0, 0.1) is 0 Å². The van der Waals surface area contributed by atoms with Crippen LogP contribution < -0.4 is 5.32 Å². The smallest absolute Gasteiger partial charge is 0.347 e. The zero-order valence-electron chi connectivity index (χ0n) is 9.28. The number of hydrogen-bond acceptors (Lipinski definition) is 2. The number of alkyl halides is 6. The molecule has 9 heteroatoms. The van der Waals surface area contributed by atoms with E-state index >= 15 is 0 Å². The zero-order valence-corrected chi connectivity index (χ0v) is 10.0. The average Bonchev–Trinajstić information content (AvgIpc) is 2.25. The van der Waals surface area contributed by atoms with Gasteiger partial charge in [0.25, 0.3) is 0 Å². The second kappa shape index (κ2) is 6.31. The molecule has 1 unspecified atom stereocenters. The summed E-state index contributed by atoms with van der Waals surface area (Å²) in [6.07, 6.45) is -6.33. The third-order valence-corrected chi connectivity index (χ3v) is 2.39. The predicted octanol–water partition coefficient (Wildman–Crippen LogP) is 2.28. The normalized spacial score (nSPS) is 14.2. The highest BCUT2D eigenvalue weighted by atomic mass is 35.5. The van der Waals surface area contributed by atoms with Crippen LogP contribution in [-0.2, 0) is 9.59 Å². The summed E-state index contributed by atoms with van der Waals surface area (Å²) in [6, 6.07) is -1.10. The van der Waals surface area contributed by atoms with E-state index in [4.69, 9.17) is 11.6 Å². The van der Waals surface area contributed by atoms with E-state index in [2.05, 4.69) is 0 Å². The first kappa shape index (κ1) is 17.1. The number of amides is 1. The molecule has 0 aliphatic heterocycles. The molecule has 1 N–H and O–H groups in total. The molecule has 0 spiro atoms. The van der Waals surface area contributed by atoms with Crippen LogP contribution in [-0.4, -0.2) is 35.7 Å². The fourth-order valence-electron chi connectivity index (χ4n) is 1.03. The number of Topliss-reactive ketones (excluding diaryl/α,β-unsaturated/α-hetero) is 1. The van der Waals surface area contributed by atoms with Gasteiger partial charge in [-0.15, -0.1) is 11.6 Å². The lowest BCUT2D eigenvalue weighted by Crippen LogP contribution is -2.53. The van der Waals surface area contributed by atoms with Crippen LogP contribution in [0.4, 0.5) is 22.0 Å². The highest BCUT2D eigenvalue weighted by molar-refractivity contribution is 6.27. The molecule has 106 valence electrons. The number of carbonyl (C=O) groups excluding carboxylic acids is 2. The molecular weight excluding hydrogens is 285 g/mol. The number of halogens is 6. The van der Waals surface area contributed by atoms with Crippen molar-refractivity contribution in [2.45, 2.75) is 37.9 Å². The Bertz CT molecular complexity index is 319. The van der Waals surface area contributed by atoms with Crippen molar-refractivity contribution >= 4 is 23.3 Å². The monoisotopic (exact) mass is 295 g/mol. The van der Waals surface area contributed by atoms with Gasteiger partial charge >= 0.3 is 18.0 Å². The Morgan fingerprint density at radius 1 is 1.22 bits per heavy atom. The molecule has 0 aliphatic rings. The zero-order chi connectivity index (χ0) is 14.6. The van der Waals surface area contributed by atoms with Crippen molar-refractivity contribution in [2.24, 2.45) is 0 Å². The number of nitrogens with one attached hydrogen (secondary N) is 1. The first-order valence-corrected chi connectivity index (χ1v) is 5.42. The summed E-state index contributed by atoms with van der Waals surface area (Å²) in [6.45, 7) is 1.43. The van der Waals surface area contributed by atoms with E-state index in [1.807, 2.05) is 0 Å². The van der Waals surface area contributed by atoms with Crippen LogP contribution in [0.2, 0.25) is 0 Å². The molecule has 0 rings (SSSR count). The molecule has 0 saturated heterocycles.